The Kier molecular flexibility index (Phi) is 4.57. The molecule has 1 atom stereocenters. The molecule has 1 rings (SSSR count). The highest BCUT2D eigenvalue weighted by Crippen LogP contribution is 2.19. The molecule has 0 amide bonds. The number of halogens is 2. The van der Waals surface area contributed by atoms with Crippen molar-refractivity contribution in [2.75, 3.05) is 0 Å². The summed E-state index contributed by atoms with van der Waals surface area (Å²) in [5, 5.41) is 9.21. The molecule has 0 heterocycles. The van der Waals surface area contributed by atoms with Gasteiger partial charge in [-0.3, -0.25) is 4.79 Å². The van der Waals surface area contributed by atoms with Crippen LogP contribution >= 0.6 is 0 Å². The standard InChI is InChI=1S/C12H14F2O3/c1-12(16,11(13)14)7-10(15)17-8-9-5-3-2-4-6-9/h2-6,11,16H,7-8H2,1H3/t12-/m0/s1. The Bertz CT molecular complexity index is 363. The smallest absolute Gasteiger partial charge is 0.309 e. The summed E-state index contributed by atoms with van der Waals surface area (Å²) < 4.78 is 29.3. The number of ether oxygens (including phenoxy) is 1. The number of carbonyl (C=O) groups is 1. The van der Waals surface area contributed by atoms with Gasteiger partial charge in [0.25, 0.3) is 6.43 Å². The van der Waals surface area contributed by atoms with Crippen LogP contribution in [0.4, 0.5) is 8.78 Å². The van der Waals surface area contributed by atoms with Gasteiger partial charge in [-0.2, -0.15) is 0 Å². The Labute approximate surface area is 98.0 Å². The van der Waals surface area contributed by atoms with Gasteiger partial charge < -0.3 is 9.84 Å². The summed E-state index contributed by atoms with van der Waals surface area (Å²) in [5.41, 5.74) is -1.58. The molecule has 0 aliphatic rings. The van der Waals surface area contributed by atoms with E-state index in [0.29, 0.717) is 0 Å². The maximum absolute atomic E-state index is 12.3. The quantitative estimate of drug-likeness (QED) is 0.807. The van der Waals surface area contributed by atoms with Crippen molar-refractivity contribution in [2.45, 2.75) is 32.0 Å². The number of hydrogen-bond acceptors (Lipinski definition) is 3. The minimum atomic E-state index is -2.98. The number of carbonyl (C=O) groups excluding carboxylic acids is 1. The molecule has 0 fully saturated rings. The van der Waals surface area contributed by atoms with E-state index < -0.39 is 24.4 Å². The molecule has 1 aromatic rings. The molecule has 0 saturated heterocycles. The van der Waals surface area contributed by atoms with Crippen molar-refractivity contribution >= 4 is 5.97 Å². The van der Waals surface area contributed by atoms with E-state index in [1.165, 1.54) is 0 Å². The minimum absolute atomic E-state index is 0.0129. The summed E-state index contributed by atoms with van der Waals surface area (Å²) in [6, 6.07) is 8.86. The molecule has 0 aromatic heterocycles. The van der Waals surface area contributed by atoms with Crippen LogP contribution in [-0.4, -0.2) is 23.1 Å². The van der Waals surface area contributed by atoms with Crippen molar-refractivity contribution in [3.8, 4) is 0 Å². The second-order valence-electron chi connectivity index (χ2n) is 3.98. The molecule has 0 bridgehead atoms. The van der Waals surface area contributed by atoms with Gasteiger partial charge in [0.05, 0.1) is 6.42 Å². The first-order valence-corrected chi connectivity index (χ1v) is 5.12. The van der Waals surface area contributed by atoms with Gasteiger partial charge in [0.1, 0.15) is 12.2 Å². The van der Waals surface area contributed by atoms with Crippen LogP contribution in [0.15, 0.2) is 30.3 Å². The number of esters is 1. The van der Waals surface area contributed by atoms with E-state index in [0.717, 1.165) is 12.5 Å². The van der Waals surface area contributed by atoms with E-state index in [4.69, 9.17) is 4.74 Å². The molecule has 0 unspecified atom stereocenters. The number of benzene rings is 1. The highest BCUT2D eigenvalue weighted by Gasteiger charge is 2.35. The fourth-order valence-corrected chi connectivity index (χ4v) is 1.16. The summed E-state index contributed by atoms with van der Waals surface area (Å²) in [6.07, 6.45) is -3.70. The van der Waals surface area contributed by atoms with Crippen molar-refractivity contribution < 1.29 is 23.4 Å². The highest BCUT2D eigenvalue weighted by atomic mass is 19.3. The van der Waals surface area contributed by atoms with Crippen molar-refractivity contribution in [1.82, 2.24) is 0 Å². The van der Waals surface area contributed by atoms with Crippen LogP contribution in [-0.2, 0) is 16.1 Å². The number of rotatable bonds is 5. The van der Waals surface area contributed by atoms with Gasteiger partial charge in [0.2, 0.25) is 0 Å². The molecule has 3 nitrogen and oxygen atoms in total. The molecule has 1 N–H and O–H groups in total. The van der Waals surface area contributed by atoms with Crippen LogP contribution in [0, 0.1) is 0 Å². The fraction of sp³-hybridized carbons (Fsp3) is 0.417. The largest absolute Gasteiger partial charge is 0.461 e. The zero-order chi connectivity index (χ0) is 12.9. The first kappa shape index (κ1) is 13.6. The predicted molar refractivity (Wildman–Crippen MR) is 57.5 cm³/mol. The van der Waals surface area contributed by atoms with Crippen LogP contribution in [0.5, 0.6) is 0 Å². The van der Waals surface area contributed by atoms with Gasteiger partial charge in [-0.15, -0.1) is 0 Å². The summed E-state index contributed by atoms with van der Waals surface area (Å²) in [5.74, 6) is -0.848. The average Bonchev–Trinajstić information content (AvgIpc) is 2.27. The van der Waals surface area contributed by atoms with Gasteiger partial charge in [0.15, 0.2) is 0 Å². The van der Waals surface area contributed by atoms with E-state index in [1.54, 1.807) is 24.3 Å². The maximum atomic E-state index is 12.3. The van der Waals surface area contributed by atoms with Crippen molar-refractivity contribution in [3.63, 3.8) is 0 Å². The molecule has 17 heavy (non-hydrogen) atoms. The third-order valence-electron chi connectivity index (χ3n) is 2.21. The number of aliphatic hydroxyl groups is 1. The fourth-order valence-electron chi connectivity index (χ4n) is 1.16. The van der Waals surface area contributed by atoms with Crippen molar-refractivity contribution in [2.24, 2.45) is 0 Å². The third-order valence-corrected chi connectivity index (χ3v) is 2.21. The van der Waals surface area contributed by atoms with Crippen LogP contribution in [0.25, 0.3) is 0 Å². The van der Waals surface area contributed by atoms with Gasteiger partial charge in [-0.1, -0.05) is 30.3 Å². The molecule has 0 spiro atoms. The Morgan fingerprint density at radius 1 is 1.41 bits per heavy atom. The molecule has 0 aliphatic heterocycles. The van der Waals surface area contributed by atoms with Gasteiger partial charge >= 0.3 is 5.97 Å². The Morgan fingerprint density at radius 2 is 2.00 bits per heavy atom. The molecule has 5 heteroatoms. The third kappa shape index (κ3) is 4.48. The zero-order valence-electron chi connectivity index (χ0n) is 9.40. The summed E-state index contributed by atoms with van der Waals surface area (Å²) in [7, 11) is 0. The first-order chi connectivity index (χ1) is 7.92. The molecule has 0 radical (unpaired) electrons. The predicted octanol–water partition coefficient (Wildman–Crippen LogP) is 2.14. The van der Waals surface area contributed by atoms with E-state index in [-0.39, 0.29) is 6.61 Å². The Morgan fingerprint density at radius 3 is 2.53 bits per heavy atom. The molecule has 1 aromatic carbocycles. The lowest BCUT2D eigenvalue weighted by molar-refractivity contribution is -0.157. The van der Waals surface area contributed by atoms with Crippen LogP contribution in [0.2, 0.25) is 0 Å². The van der Waals surface area contributed by atoms with Crippen LogP contribution < -0.4 is 0 Å². The number of hydrogen-bond donors (Lipinski definition) is 1. The summed E-state index contributed by atoms with van der Waals surface area (Å²) in [4.78, 5) is 11.2. The minimum Gasteiger partial charge on any atom is -0.461 e. The highest BCUT2D eigenvalue weighted by molar-refractivity contribution is 5.70. The van der Waals surface area contributed by atoms with E-state index >= 15 is 0 Å². The Hall–Kier alpha value is -1.49. The van der Waals surface area contributed by atoms with Gasteiger partial charge in [0, 0.05) is 0 Å². The topological polar surface area (TPSA) is 46.5 Å². The summed E-state index contributed by atoms with van der Waals surface area (Å²) >= 11 is 0. The second-order valence-corrected chi connectivity index (χ2v) is 3.98. The van der Waals surface area contributed by atoms with Crippen molar-refractivity contribution in [1.29, 1.82) is 0 Å². The first-order valence-electron chi connectivity index (χ1n) is 5.12. The lowest BCUT2D eigenvalue weighted by atomic mass is 10.0. The van der Waals surface area contributed by atoms with Gasteiger partial charge in [-0.25, -0.2) is 8.78 Å². The van der Waals surface area contributed by atoms with E-state index in [2.05, 4.69) is 0 Å². The monoisotopic (exact) mass is 244 g/mol. The van der Waals surface area contributed by atoms with Crippen LogP contribution in [0.1, 0.15) is 18.9 Å². The van der Waals surface area contributed by atoms with Crippen LogP contribution in [0.3, 0.4) is 0 Å². The molecule has 0 saturated carbocycles. The molecule has 94 valence electrons. The lowest BCUT2D eigenvalue weighted by Gasteiger charge is -2.20. The molecule has 0 aliphatic carbocycles. The zero-order valence-corrected chi connectivity index (χ0v) is 9.40. The lowest BCUT2D eigenvalue weighted by Crippen LogP contribution is -2.36. The van der Waals surface area contributed by atoms with Crippen molar-refractivity contribution in [3.05, 3.63) is 35.9 Å². The maximum Gasteiger partial charge on any atom is 0.309 e. The SMILES string of the molecule is C[C@](O)(CC(=O)OCc1ccccc1)C(F)F. The van der Waals surface area contributed by atoms with Gasteiger partial charge in [-0.05, 0) is 12.5 Å². The molecular formula is C12H14F2O3. The Balaban J connectivity index is 2.41. The molecular weight excluding hydrogens is 230 g/mol. The number of alkyl halides is 2. The van der Waals surface area contributed by atoms with E-state index in [1.807, 2.05) is 6.07 Å². The normalized spacial score (nSPS) is 14.4. The average molecular weight is 244 g/mol. The van der Waals surface area contributed by atoms with E-state index in [9.17, 15) is 18.7 Å². The summed E-state index contributed by atoms with van der Waals surface area (Å²) in [6.45, 7) is 0.917. The second kappa shape index (κ2) is 5.72.